The molecule has 0 saturated carbocycles. The van der Waals surface area contributed by atoms with Crippen molar-refractivity contribution in [1.29, 1.82) is 0 Å². The molecule has 1 rings (SSSR count). The minimum Gasteiger partial charge on any atom is -0.316 e. The van der Waals surface area contributed by atoms with Gasteiger partial charge in [-0.25, -0.2) is 0 Å². The molecule has 0 aliphatic carbocycles. The molecule has 17 heavy (non-hydrogen) atoms. The van der Waals surface area contributed by atoms with Gasteiger partial charge in [0.1, 0.15) is 0 Å². The fraction of sp³-hybridized carbons (Fsp3) is 0.538. The maximum Gasteiger partial charge on any atom is 0.269 e. The van der Waals surface area contributed by atoms with E-state index >= 15 is 0 Å². The summed E-state index contributed by atoms with van der Waals surface area (Å²) in [4.78, 5) is 10.3. The predicted octanol–water partition coefficient (Wildman–Crippen LogP) is 3.00. The van der Waals surface area contributed by atoms with Gasteiger partial charge in [0.15, 0.2) is 0 Å². The van der Waals surface area contributed by atoms with Gasteiger partial charge in [0.05, 0.1) is 4.92 Å². The highest BCUT2D eigenvalue weighted by molar-refractivity contribution is 5.41. The quantitative estimate of drug-likeness (QED) is 0.631. The highest BCUT2D eigenvalue weighted by Crippen LogP contribution is 2.27. The summed E-state index contributed by atoms with van der Waals surface area (Å²) in [6.45, 7) is 6.22. The van der Waals surface area contributed by atoms with Crippen LogP contribution in [0.5, 0.6) is 0 Å². The van der Waals surface area contributed by atoms with E-state index in [9.17, 15) is 10.1 Å². The van der Waals surface area contributed by atoms with Crippen LogP contribution >= 0.6 is 0 Å². The Balaban J connectivity index is 3.03. The molecule has 2 unspecified atom stereocenters. The van der Waals surface area contributed by atoms with Crippen LogP contribution in [0.2, 0.25) is 0 Å². The summed E-state index contributed by atoms with van der Waals surface area (Å²) in [7, 11) is 1.95. The third kappa shape index (κ3) is 3.03. The summed E-state index contributed by atoms with van der Waals surface area (Å²) >= 11 is 0. The lowest BCUT2D eigenvalue weighted by molar-refractivity contribution is -0.384. The first kappa shape index (κ1) is 13.6. The molecule has 94 valence electrons. The molecule has 0 aliphatic heterocycles. The number of likely N-dealkylation sites (N-methyl/N-ethyl adjacent to an activating group) is 1. The molecule has 0 bridgehead atoms. The number of nitrogens with zero attached hydrogens (tertiary/aromatic N) is 1. The molecule has 4 nitrogen and oxygen atoms in total. The van der Waals surface area contributed by atoms with Crippen LogP contribution in [0.4, 0.5) is 5.69 Å². The van der Waals surface area contributed by atoms with Gasteiger partial charge in [0.2, 0.25) is 0 Å². The third-order valence-electron chi connectivity index (χ3n) is 3.37. The van der Waals surface area contributed by atoms with E-state index in [4.69, 9.17) is 0 Å². The van der Waals surface area contributed by atoms with Crippen LogP contribution in [0.25, 0.3) is 0 Å². The number of hydrogen-bond donors (Lipinski definition) is 1. The van der Waals surface area contributed by atoms with Crippen molar-refractivity contribution in [2.75, 3.05) is 7.05 Å². The molecule has 0 heterocycles. The Kier molecular flexibility index (Phi) is 4.63. The summed E-state index contributed by atoms with van der Waals surface area (Å²) in [6, 6.07) is 5.50. The van der Waals surface area contributed by atoms with Crippen molar-refractivity contribution in [3.63, 3.8) is 0 Å². The van der Waals surface area contributed by atoms with Crippen LogP contribution in [0.15, 0.2) is 18.2 Å². The Labute approximate surface area is 102 Å². The number of non-ortho nitro benzene ring substituents is 1. The Morgan fingerprint density at radius 1 is 1.47 bits per heavy atom. The van der Waals surface area contributed by atoms with Gasteiger partial charge in [-0.1, -0.05) is 19.9 Å². The molecule has 2 atom stereocenters. The Bertz CT molecular complexity index is 400. The maximum atomic E-state index is 10.7. The summed E-state index contributed by atoms with van der Waals surface area (Å²) in [5, 5.41) is 14.0. The van der Waals surface area contributed by atoms with E-state index in [-0.39, 0.29) is 10.6 Å². The van der Waals surface area contributed by atoms with E-state index in [1.165, 1.54) is 5.56 Å². The number of rotatable bonds is 5. The van der Waals surface area contributed by atoms with Gasteiger partial charge < -0.3 is 5.32 Å². The number of hydrogen-bond acceptors (Lipinski definition) is 3. The number of nitro benzene ring substituents is 1. The van der Waals surface area contributed by atoms with Crippen molar-refractivity contribution in [3.05, 3.63) is 39.4 Å². The molecule has 0 saturated heterocycles. The number of nitro groups is 1. The zero-order valence-electron chi connectivity index (χ0n) is 10.9. The molecule has 1 N–H and O–H groups in total. The molecule has 0 aromatic heterocycles. The van der Waals surface area contributed by atoms with Crippen LogP contribution in [0.1, 0.15) is 37.3 Å². The van der Waals surface area contributed by atoms with Crippen molar-refractivity contribution in [1.82, 2.24) is 5.32 Å². The first-order valence-corrected chi connectivity index (χ1v) is 5.93. The van der Waals surface area contributed by atoms with Crippen LogP contribution in [-0.4, -0.2) is 18.0 Å². The smallest absolute Gasteiger partial charge is 0.269 e. The number of aryl methyl sites for hydroxylation is 1. The van der Waals surface area contributed by atoms with Gasteiger partial charge in [-0.05, 0) is 37.4 Å². The molecule has 0 fully saturated rings. The highest BCUT2D eigenvalue weighted by Gasteiger charge is 2.18. The predicted molar refractivity (Wildman–Crippen MR) is 69.4 cm³/mol. The largest absolute Gasteiger partial charge is 0.316 e. The molecule has 0 amide bonds. The fourth-order valence-corrected chi connectivity index (χ4v) is 2.31. The van der Waals surface area contributed by atoms with Gasteiger partial charge in [-0.3, -0.25) is 10.1 Å². The van der Waals surface area contributed by atoms with E-state index in [0.29, 0.717) is 12.0 Å². The van der Waals surface area contributed by atoms with Gasteiger partial charge in [-0.2, -0.15) is 0 Å². The van der Waals surface area contributed by atoms with Gasteiger partial charge in [-0.15, -0.1) is 0 Å². The van der Waals surface area contributed by atoms with E-state index in [1.54, 1.807) is 12.1 Å². The van der Waals surface area contributed by atoms with Crippen molar-refractivity contribution >= 4 is 5.69 Å². The summed E-state index contributed by atoms with van der Waals surface area (Å²) < 4.78 is 0. The zero-order valence-corrected chi connectivity index (χ0v) is 10.9. The Morgan fingerprint density at radius 3 is 2.53 bits per heavy atom. The Hall–Kier alpha value is -1.42. The average molecular weight is 236 g/mol. The summed E-state index contributed by atoms with van der Waals surface area (Å²) in [5.41, 5.74) is 2.33. The van der Waals surface area contributed by atoms with E-state index in [0.717, 1.165) is 12.0 Å². The molecular formula is C13H20N2O2. The van der Waals surface area contributed by atoms with Crippen LogP contribution in [0.3, 0.4) is 0 Å². The SMILES string of the molecule is CCC(NC)C(C)c1ccc([N+](=O)[O-])cc1C. The molecule has 0 radical (unpaired) electrons. The number of benzene rings is 1. The van der Waals surface area contributed by atoms with Crippen LogP contribution in [0, 0.1) is 17.0 Å². The molecule has 1 aromatic carbocycles. The lowest BCUT2D eigenvalue weighted by atomic mass is 9.88. The van der Waals surface area contributed by atoms with Gasteiger partial charge >= 0.3 is 0 Å². The van der Waals surface area contributed by atoms with Crippen LogP contribution in [-0.2, 0) is 0 Å². The third-order valence-corrected chi connectivity index (χ3v) is 3.37. The van der Waals surface area contributed by atoms with Crippen molar-refractivity contribution < 1.29 is 4.92 Å². The normalized spacial score (nSPS) is 14.4. The summed E-state index contributed by atoms with van der Waals surface area (Å²) in [6.07, 6.45) is 1.04. The lowest BCUT2D eigenvalue weighted by Crippen LogP contribution is -2.30. The molecular weight excluding hydrogens is 216 g/mol. The minimum atomic E-state index is -0.350. The fourth-order valence-electron chi connectivity index (χ4n) is 2.31. The van der Waals surface area contributed by atoms with E-state index < -0.39 is 0 Å². The molecule has 1 aromatic rings. The van der Waals surface area contributed by atoms with Gasteiger partial charge in [0, 0.05) is 18.2 Å². The topological polar surface area (TPSA) is 55.2 Å². The molecule has 0 spiro atoms. The second-order valence-corrected chi connectivity index (χ2v) is 4.39. The Morgan fingerprint density at radius 2 is 2.12 bits per heavy atom. The summed E-state index contributed by atoms with van der Waals surface area (Å²) in [5.74, 6) is 0.353. The van der Waals surface area contributed by atoms with E-state index in [2.05, 4.69) is 19.2 Å². The average Bonchev–Trinajstić information content (AvgIpc) is 2.30. The maximum absolute atomic E-state index is 10.7. The van der Waals surface area contributed by atoms with Gasteiger partial charge in [0.25, 0.3) is 5.69 Å². The standard InChI is InChI=1S/C13H20N2O2/c1-5-13(14-4)10(3)12-7-6-11(15(16)17)8-9(12)2/h6-8,10,13-14H,5H2,1-4H3. The van der Waals surface area contributed by atoms with Crippen molar-refractivity contribution in [3.8, 4) is 0 Å². The second-order valence-electron chi connectivity index (χ2n) is 4.39. The first-order chi connectivity index (χ1) is 8.01. The first-order valence-electron chi connectivity index (χ1n) is 5.93. The van der Waals surface area contributed by atoms with E-state index in [1.807, 2.05) is 20.0 Å². The van der Waals surface area contributed by atoms with Crippen molar-refractivity contribution in [2.24, 2.45) is 0 Å². The molecule has 4 heteroatoms. The van der Waals surface area contributed by atoms with Crippen LogP contribution < -0.4 is 5.32 Å². The highest BCUT2D eigenvalue weighted by atomic mass is 16.6. The number of nitrogens with one attached hydrogen (secondary N) is 1. The van der Waals surface area contributed by atoms with Crippen molar-refractivity contribution in [2.45, 2.75) is 39.2 Å². The lowest BCUT2D eigenvalue weighted by Gasteiger charge is -2.23. The zero-order chi connectivity index (χ0) is 13.0. The molecule has 0 aliphatic rings. The second kappa shape index (κ2) is 5.77. The minimum absolute atomic E-state index is 0.163. The monoisotopic (exact) mass is 236 g/mol.